The minimum atomic E-state index is -0.250. The summed E-state index contributed by atoms with van der Waals surface area (Å²) in [5.41, 5.74) is 3.47. The highest BCUT2D eigenvalue weighted by molar-refractivity contribution is 6.33. The summed E-state index contributed by atoms with van der Waals surface area (Å²) in [5.74, 6) is 0.524. The van der Waals surface area contributed by atoms with E-state index < -0.39 is 0 Å². The van der Waals surface area contributed by atoms with Gasteiger partial charge in [0.25, 0.3) is 11.8 Å². The Bertz CT molecular complexity index is 1350. The van der Waals surface area contributed by atoms with Gasteiger partial charge in [0.2, 0.25) is 0 Å². The molecule has 1 spiro atoms. The molecule has 6 rings (SSSR count). The van der Waals surface area contributed by atoms with Crippen molar-refractivity contribution in [3.05, 3.63) is 88.7 Å². The minimum Gasteiger partial charge on any atom is -0.493 e. The number of amides is 2. The molecule has 0 radical (unpaired) electrons. The second kappa shape index (κ2) is 10.9. The number of benzene rings is 2. The van der Waals surface area contributed by atoms with Gasteiger partial charge >= 0.3 is 0 Å². The number of hydrogen-bond donors (Lipinski definition) is 1. The molecule has 8 heteroatoms. The number of carbonyl (C=O) groups excluding carboxylic acids is 2. The van der Waals surface area contributed by atoms with Crippen LogP contribution in [0.3, 0.4) is 0 Å². The van der Waals surface area contributed by atoms with E-state index in [9.17, 15) is 9.59 Å². The molecule has 3 aliphatic heterocycles. The standard InChI is InChI=1S/C31H33ClN4O3/c32-26-4-2-1-3-24(26)29(37)34-27-9-20-39-28-6-5-22(21-25(27)28)30(38)36-18-12-31(13-19-36)10-16-35(17-11-31)23-7-14-33-15-8-23/h1-8,14-15,21,27H,9-13,16-20H2,(H,34,37)/t27-/m1/s1. The zero-order valence-electron chi connectivity index (χ0n) is 21.9. The Morgan fingerprint density at radius 3 is 2.41 bits per heavy atom. The number of hydrogen-bond acceptors (Lipinski definition) is 5. The van der Waals surface area contributed by atoms with E-state index in [1.165, 1.54) is 5.69 Å². The van der Waals surface area contributed by atoms with Gasteiger partial charge in [0.15, 0.2) is 0 Å². The number of carbonyl (C=O) groups is 2. The van der Waals surface area contributed by atoms with Crippen molar-refractivity contribution in [3.8, 4) is 5.75 Å². The minimum absolute atomic E-state index is 0.0450. The van der Waals surface area contributed by atoms with Crippen LogP contribution in [0.1, 0.15) is 64.4 Å². The predicted molar refractivity (Wildman–Crippen MR) is 151 cm³/mol. The van der Waals surface area contributed by atoms with E-state index in [-0.39, 0.29) is 17.9 Å². The van der Waals surface area contributed by atoms with E-state index in [4.69, 9.17) is 16.3 Å². The van der Waals surface area contributed by atoms with Gasteiger partial charge < -0.3 is 19.9 Å². The summed E-state index contributed by atoms with van der Waals surface area (Å²) in [6.07, 6.45) is 8.71. The third kappa shape index (κ3) is 5.33. The summed E-state index contributed by atoms with van der Waals surface area (Å²) < 4.78 is 5.85. The number of pyridine rings is 1. The maximum atomic E-state index is 13.6. The van der Waals surface area contributed by atoms with Crippen molar-refractivity contribution in [1.29, 1.82) is 0 Å². The number of halogens is 1. The van der Waals surface area contributed by atoms with E-state index in [1.807, 2.05) is 35.5 Å². The van der Waals surface area contributed by atoms with Gasteiger partial charge in [-0.05, 0) is 73.6 Å². The van der Waals surface area contributed by atoms with E-state index >= 15 is 0 Å². The number of likely N-dealkylation sites (tertiary alicyclic amines) is 1. The van der Waals surface area contributed by atoms with E-state index in [0.29, 0.717) is 40.3 Å². The van der Waals surface area contributed by atoms with Crippen molar-refractivity contribution < 1.29 is 14.3 Å². The molecule has 2 aromatic carbocycles. The SMILES string of the molecule is O=C(N[C@@H]1CCOc2ccc(C(=O)N3CCC4(CC3)CCN(c3ccncc3)CC4)cc21)c1ccccc1Cl. The summed E-state index contributed by atoms with van der Waals surface area (Å²) in [5, 5.41) is 3.51. The third-order valence-electron chi connectivity index (χ3n) is 8.68. The number of aromatic nitrogens is 1. The highest BCUT2D eigenvalue weighted by Gasteiger charge is 2.39. The summed E-state index contributed by atoms with van der Waals surface area (Å²) in [6.45, 7) is 4.14. The second-order valence-corrected chi connectivity index (χ2v) is 11.3. The first kappa shape index (κ1) is 25.7. The predicted octanol–water partition coefficient (Wildman–Crippen LogP) is 5.51. The lowest BCUT2D eigenvalue weighted by Crippen LogP contribution is -2.48. The zero-order valence-corrected chi connectivity index (χ0v) is 22.7. The largest absolute Gasteiger partial charge is 0.493 e. The molecule has 0 unspecified atom stereocenters. The van der Waals surface area contributed by atoms with Crippen LogP contribution in [0.2, 0.25) is 5.02 Å². The summed E-state index contributed by atoms with van der Waals surface area (Å²) in [4.78, 5) is 35.1. The molecule has 2 fully saturated rings. The van der Waals surface area contributed by atoms with Crippen molar-refractivity contribution >= 4 is 29.1 Å². The van der Waals surface area contributed by atoms with Crippen LogP contribution < -0.4 is 15.0 Å². The lowest BCUT2D eigenvalue weighted by atomic mass is 9.71. The highest BCUT2D eigenvalue weighted by Crippen LogP contribution is 2.42. The van der Waals surface area contributed by atoms with E-state index in [0.717, 1.165) is 57.4 Å². The molecule has 1 aromatic heterocycles. The molecule has 3 aromatic rings. The Morgan fingerprint density at radius 2 is 1.67 bits per heavy atom. The first-order valence-corrected chi connectivity index (χ1v) is 14.2. The fraction of sp³-hybridized carbons (Fsp3) is 0.387. The molecule has 7 nitrogen and oxygen atoms in total. The van der Waals surface area contributed by atoms with E-state index in [1.54, 1.807) is 24.3 Å². The van der Waals surface area contributed by atoms with Gasteiger partial charge in [-0.15, -0.1) is 0 Å². The normalized spacial score (nSPS) is 20.2. The quantitative estimate of drug-likeness (QED) is 0.469. The number of fused-ring (bicyclic) bond motifs is 1. The van der Waals surface area contributed by atoms with E-state index in [2.05, 4.69) is 27.3 Å². The molecular formula is C31H33ClN4O3. The molecule has 3 aliphatic rings. The maximum Gasteiger partial charge on any atom is 0.253 e. The lowest BCUT2D eigenvalue weighted by molar-refractivity contribution is 0.0515. The first-order chi connectivity index (χ1) is 19.0. The topological polar surface area (TPSA) is 74.8 Å². The molecule has 4 heterocycles. The summed E-state index contributed by atoms with van der Waals surface area (Å²) >= 11 is 6.24. The Labute approximate surface area is 234 Å². The average Bonchev–Trinajstić information content (AvgIpc) is 2.98. The number of nitrogens with zero attached hydrogens (tertiary/aromatic N) is 3. The van der Waals surface area contributed by atoms with Crippen LogP contribution in [0, 0.1) is 5.41 Å². The van der Waals surface area contributed by atoms with Crippen LogP contribution in [0.4, 0.5) is 5.69 Å². The Kier molecular flexibility index (Phi) is 7.17. The molecule has 39 heavy (non-hydrogen) atoms. The Morgan fingerprint density at radius 1 is 0.949 bits per heavy atom. The molecule has 0 bridgehead atoms. The van der Waals surface area contributed by atoms with Gasteiger partial charge in [0.05, 0.1) is 23.2 Å². The fourth-order valence-electron chi connectivity index (χ4n) is 6.22. The second-order valence-electron chi connectivity index (χ2n) is 10.9. The molecule has 202 valence electrons. The van der Waals surface area contributed by atoms with Gasteiger partial charge in [0.1, 0.15) is 5.75 Å². The van der Waals surface area contributed by atoms with Gasteiger partial charge in [-0.25, -0.2) is 0 Å². The first-order valence-electron chi connectivity index (χ1n) is 13.8. The van der Waals surface area contributed by atoms with Gasteiger partial charge in [-0.2, -0.15) is 0 Å². The number of ether oxygens (including phenoxy) is 1. The van der Waals surface area contributed by atoms with Crippen molar-refractivity contribution in [2.75, 3.05) is 37.7 Å². The molecule has 0 aliphatic carbocycles. The fourth-order valence-corrected chi connectivity index (χ4v) is 6.44. The zero-order chi connectivity index (χ0) is 26.8. The van der Waals surface area contributed by atoms with Gasteiger partial charge in [-0.1, -0.05) is 23.7 Å². The average molecular weight is 545 g/mol. The maximum absolute atomic E-state index is 13.6. The number of rotatable bonds is 4. The van der Waals surface area contributed by atoms with Crippen LogP contribution in [0.5, 0.6) is 5.75 Å². The molecular weight excluding hydrogens is 512 g/mol. The Balaban J connectivity index is 1.10. The lowest BCUT2D eigenvalue weighted by Gasteiger charge is -2.47. The van der Waals surface area contributed by atoms with Crippen molar-refractivity contribution in [2.45, 2.75) is 38.1 Å². The monoisotopic (exact) mass is 544 g/mol. The van der Waals surface area contributed by atoms with Crippen LogP contribution in [-0.4, -0.2) is 54.5 Å². The van der Waals surface area contributed by atoms with Crippen LogP contribution >= 0.6 is 11.6 Å². The number of nitrogens with one attached hydrogen (secondary N) is 1. The number of anilines is 1. The Hall–Kier alpha value is -3.58. The van der Waals surface area contributed by atoms with Crippen LogP contribution in [0.25, 0.3) is 0 Å². The van der Waals surface area contributed by atoms with Crippen LogP contribution in [0.15, 0.2) is 67.0 Å². The number of piperidine rings is 2. The molecule has 1 atom stereocenters. The van der Waals surface area contributed by atoms with Crippen molar-refractivity contribution in [3.63, 3.8) is 0 Å². The third-order valence-corrected chi connectivity index (χ3v) is 9.01. The summed E-state index contributed by atoms with van der Waals surface area (Å²) in [7, 11) is 0. The summed E-state index contributed by atoms with van der Waals surface area (Å²) in [6, 6.07) is 16.5. The highest BCUT2D eigenvalue weighted by atomic mass is 35.5. The molecule has 1 N–H and O–H groups in total. The smallest absolute Gasteiger partial charge is 0.253 e. The van der Waals surface area contributed by atoms with Gasteiger partial charge in [-0.3, -0.25) is 14.6 Å². The van der Waals surface area contributed by atoms with Crippen LogP contribution in [-0.2, 0) is 0 Å². The molecule has 0 saturated carbocycles. The van der Waals surface area contributed by atoms with Crippen molar-refractivity contribution in [2.24, 2.45) is 5.41 Å². The van der Waals surface area contributed by atoms with Gasteiger partial charge in [0, 0.05) is 61.8 Å². The molecule has 2 amide bonds. The molecule has 2 saturated heterocycles. The van der Waals surface area contributed by atoms with Crippen molar-refractivity contribution in [1.82, 2.24) is 15.2 Å².